The topological polar surface area (TPSA) is 75.7 Å². The molecule has 1 aromatic carbocycles. The molecule has 0 radical (unpaired) electrons. The fourth-order valence-corrected chi connectivity index (χ4v) is 1.97. The van der Waals surface area contributed by atoms with Gasteiger partial charge in [-0.3, -0.25) is 14.4 Å². The first-order valence-corrected chi connectivity index (χ1v) is 5.85. The summed E-state index contributed by atoms with van der Waals surface area (Å²) < 4.78 is 5.42. The Balaban J connectivity index is 2.50. The van der Waals surface area contributed by atoms with E-state index >= 15 is 0 Å². The van der Waals surface area contributed by atoms with E-state index in [0.717, 1.165) is 10.5 Å². The molecule has 0 spiro atoms. The second-order valence-corrected chi connectivity index (χ2v) is 4.22. The number of ether oxygens (including phenoxy) is 1. The molecule has 1 N–H and O–H groups in total. The Morgan fingerprint density at radius 1 is 1.53 bits per heavy atom. The normalized spacial score (nSPS) is 17.7. The van der Waals surface area contributed by atoms with E-state index in [1.807, 2.05) is 6.07 Å². The molecule has 2 rings (SSSR count). The van der Waals surface area contributed by atoms with Gasteiger partial charge in [0.2, 0.25) is 6.29 Å². The van der Waals surface area contributed by atoms with Gasteiger partial charge in [0.1, 0.15) is 5.75 Å². The van der Waals surface area contributed by atoms with Gasteiger partial charge in [-0.1, -0.05) is 6.07 Å². The molecule has 0 saturated heterocycles. The molecule has 100 valence electrons. The molecule has 1 aliphatic rings. The summed E-state index contributed by atoms with van der Waals surface area (Å²) in [6.45, 7) is 2.12. The summed E-state index contributed by atoms with van der Waals surface area (Å²) in [5.74, 6) is -1.00. The summed E-state index contributed by atoms with van der Waals surface area (Å²) in [4.78, 5) is 35.1. The van der Waals surface area contributed by atoms with Crippen LogP contribution in [0.4, 0.5) is 5.69 Å². The number of hydrogen-bond acceptors (Lipinski definition) is 5. The summed E-state index contributed by atoms with van der Waals surface area (Å²) in [6.07, 6.45) is -0.656. The molecule has 1 atom stereocenters. The maximum atomic E-state index is 12.0. The van der Waals surface area contributed by atoms with E-state index in [9.17, 15) is 14.4 Å². The van der Waals surface area contributed by atoms with Crippen molar-refractivity contribution in [2.24, 2.45) is 0 Å². The van der Waals surface area contributed by atoms with Gasteiger partial charge in [-0.2, -0.15) is 0 Å². The van der Waals surface area contributed by atoms with Crippen molar-refractivity contribution >= 4 is 23.8 Å². The molecule has 0 aromatic heterocycles. The summed E-state index contributed by atoms with van der Waals surface area (Å²) in [5.41, 5.74) is 1.20. The summed E-state index contributed by atoms with van der Waals surface area (Å²) in [5, 5.41) is 2.97. The SMILES string of the molecule is CNCc1ccc2c(c1)N(C(=O)C=O)C(=O)C(C)O2. The molecule has 0 aliphatic carbocycles. The van der Waals surface area contributed by atoms with E-state index < -0.39 is 17.9 Å². The monoisotopic (exact) mass is 262 g/mol. The number of fused-ring (bicyclic) bond motifs is 1. The molecule has 0 fully saturated rings. The minimum atomic E-state index is -0.886. The number of anilines is 1. The van der Waals surface area contributed by atoms with Gasteiger partial charge in [-0.15, -0.1) is 0 Å². The third-order valence-electron chi connectivity index (χ3n) is 2.84. The van der Waals surface area contributed by atoms with Crippen LogP contribution in [0.2, 0.25) is 0 Å². The van der Waals surface area contributed by atoms with Crippen LogP contribution in [0.25, 0.3) is 0 Å². The molecule has 2 amide bonds. The smallest absolute Gasteiger partial charge is 0.298 e. The molecule has 6 nitrogen and oxygen atoms in total. The van der Waals surface area contributed by atoms with Crippen LogP contribution in [0.1, 0.15) is 12.5 Å². The van der Waals surface area contributed by atoms with Crippen molar-refractivity contribution in [2.75, 3.05) is 11.9 Å². The zero-order valence-corrected chi connectivity index (χ0v) is 10.7. The molecule has 1 aromatic rings. The lowest BCUT2D eigenvalue weighted by molar-refractivity contribution is -0.135. The Hall–Kier alpha value is -2.21. The van der Waals surface area contributed by atoms with Crippen LogP contribution >= 0.6 is 0 Å². The van der Waals surface area contributed by atoms with Crippen molar-refractivity contribution in [3.63, 3.8) is 0 Å². The van der Waals surface area contributed by atoms with Crippen LogP contribution in [0, 0.1) is 0 Å². The lowest BCUT2D eigenvalue weighted by atomic mass is 10.1. The fraction of sp³-hybridized carbons (Fsp3) is 0.308. The van der Waals surface area contributed by atoms with Crippen molar-refractivity contribution in [3.8, 4) is 5.75 Å². The summed E-state index contributed by atoms with van der Waals surface area (Å²) >= 11 is 0. The lowest BCUT2D eigenvalue weighted by Crippen LogP contribution is -2.48. The second-order valence-electron chi connectivity index (χ2n) is 4.22. The Kier molecular flexibility index (Phi) is 3.62. The van der Waals surface area contributed by atoms with E-state index in [0.29, 0.717) is 18.0 Å². The van der Waals surface area contributed by atoms with Crippen LogP contribution in [0.5, 0.6) is 5.75 Å². The van der Waals surface area contributed by atoms with Gasteiger partial charge in [0, 0.05) is 6.54 Å². The van der Waals surface area contributed by atoms with Crippen molar-refractivity contribution < 1.29 is 19.1 Å². The number of carbonyl (C=O) groups excluding carboxylic acids is 3. The third kappa shape index (κ3) is 2.34. The van der Waals surface area contributed by atoms with Gasteiger partial charge in [-0.25, -0.2) is 4.90 Å². The van der Waals surface area contributed by atoms with E-state index in [2.05, 4.69) is 5.32 Å². The van der Waals surface area contributed by atoms with E-state index in [-0.39, 0.29) is 6.29 Å². The van der Waals surface area contributed by atoms with Gasteiger partial charge >= 0.3 is 0 Å². The lowest BCUT2D eigenvalue weighted by Gasteiger charge is -2.30. The zero-order valence-electron chi connectivity index (χ0n) is 10.7. The van der Waals surface area contributed by atoms with Crippen molar-refractivity contribution in [1.29, 1.82) is 0 Å². The van der Waals surface area contributed by atoms with Gasteiger partial charge in [0.05, 0.1) is 5.69 Å². The number of hydrogen-bond donors (Lipinski definition) is 1. The van der Waals surface area contributed by atoms with E-state index in [4.69, 9.17) is 4.74 Å². The minimum absolute atomic E-state index is 0.129. The Bertz CT molecular complexity index is 541. The number of rotatable bonds is 3. The maximum absolute atomic E-state index is 12.0. The highest BCUT2D eigenvalue weighted by Crippen LogP contribution is 2.34. The standard InChI is InChI=1S/C13H14N2O4/c1-8-13(18)15(12(17)7-16)10-5-9(6-14-2)3-4-11(10)19-8/h3-5,7-8,14H,6H2,1-2H3. The zero-order chi connectivity index (χ0) is 14.0. The average molecular weight is 262 g/mol. The van der Waals surface area contributed by atoms with Crippen molar-refractivity contribution in [2.45, 2.75) is 19.6 Å². The largest absolute Gasteiger partial charge is 0.479 e. The molecular weight excluding hydrogens is 248 g/mol. The van der Waals surface area contributed by atoms with Crippen LogP contribution in [-0.2, 0) is 20.9 Å². The number of imide groups is 1. The molecule has 0 bridgehead atoms. The molecule has 1 heterocycles. The van der Waals surface area contributed by atoms with E-state index in [1.165, 1.54) is 6.92 Å². The molecule has 1 unspecified atom stereocenters. The van der Waals surface area contributed by atoms with Gasteiger partial charge < -0.3 is 10.1 Å². The molecule has 19 heavy (non-hydrogen) atoms. The number of benzene rings is 1. The van der Waals surface area contributed by atoms with Crippen LogP contribution in [0.3, 0.4) is 0 Å². The first-order chi connectivity index (χ1) is 9.08. The Morgan fingerprint density at radius 2 is 2.26 bits per heavy atom. The second kappa shape index (κ2) is 5.19. The number of carbonyl (C=O) groups is 3. The summed E-state index contributed by atoms with van der Waals surface area (Å²) in [7, 11) is 1.79. The van der Waals surface area contributed by atoms with Crippen molar-refractivity contribution in [3.05, 3.63) is 23.8 Å². The van der Waals surface area contributed by atoms with Crippen LogP contribution in [-0.4, -0.2) is 31.3 Å². The van der Waals surface area contributed by atoms with Crippen LogP contribution in [0.15, 0.2) is 18.2 Å². The first kappa shape index (κ1) is 13.2. The number of nitrogens with one attached hydrogen (secondary N) is 1. The maximum Gasteiger partial charge on any atom is 0.298 e. The molecule has 0 saturated carbocycles. The quantitative estimate of drug-likeness (QED) is 0.624. The Morgan fingerprint density at radius 3 is 2.89 bits per heavy atom. The fourth-order valence-electron chi connectivity index (χ4n) is 1.97. The Labute approximate surface area is 110 Å². The highest BCUT2D eigenvalue weighted by Gasteiger charge is 2.35. The minimum Gasteiger partial charge on any atom is -0.479 e. The predicted octanol–water partition coefficient (Wildman–Crippen LogP) is 0.245. The first-order valence-electron chi connectivity index (χ1n) is 5.85. The highest BCUT2D eigenvalue weighted by atomic mass is 16.5. The highest BCUT2D eigenvalue weighted by molar-refractivity contribution is 6.38. The molecular formula is C13H14N2O4. The van der Waals surface area contributed by atoms with Gasteiger partial charge in [-0.05, 0) is 31.7 Å². The van der Waals surface area contributed by atoms with Crippen LogP contribution < -0.4 is 15.0 Å². The van der Waals surface area contributed by atoms with Gasteiger partial charge in [0.15, 0.2) is 6.10 Å². The number of amides is 2. The van der Waals surface area contributed by atoms with Gasteiger partial charge in [0.25, 0.3) is 11.8 Å². The summed E-state index contributed by atoms with van der Waals surface area (Å²) in [6, 6.07) is 5.19. The molecule has 1 aliphatic heterocycles. The molecule has 6 heteroatoms. The third-order valence-corrected chi connectivity index (χ3v) is 2.84. The average Bonchev–Trinajstić information content (AvgIpc) is 2.40. The van der Waals surface area contributed by atoms with Crippen molar-refractivity contribution in [1.82, 2.24) is 5.32 Å². The van der Waals surface area contributed by atoms with E-state index in [1.54, 1.807) is 19.2 Å². The predicted molar refractivity (Wildman–Crippen MR) is 67.9 cm³/mol. The number of nitrogens with zero attached hydrogens (tertiary/aromatic N) is 1. The number of aldehydes is 1.